The van der Waals surface area contributed by atoms with Gasteiger partial charge in [0.1, 0.15) is 11.5 Å². The van der Waals surface area contributed by atoms with E-state index in [0.717, 1.165) is 65.5 Å². The number of ketones is 3. The summed E-state index contributed by atoms with van der Waals surface area (Å²) >= 11 is 0. The monoisotopic (exact) mass is 1560 g/mol. The minimum Gasteiger partial charge on any atom is -0.494 e. The highest BCUT2D eigenvalue weighted by Crippen LogP contribution is 2.28. The summed E-state index contributed by atoms with van der Waals surface area (Å²) in [5.74, 6) is -3.14. The van der Waals surface area contributed by atoms with Gasteiger partial charge in [0.25, 0.3) is 32.1 Å². The molecule has 109 heavy (non-hydrogen) atoms. The van der Waals surface area contributed by atoms with Crippen molar-refractivity contribution in [1.29, 1.82) is 0 Å². The van der Waals surface area contributed by atoms with Gasteiger partial charge in [0.15, 0.2) is 37.1 Å². The van der Waals surface area contributed by atoms with E-state index in [1.165, 1.54) is 58.3 Å². The fraction of sp³-hybridized carbons (Fsp3) is 0.386. The molecule has 0 saturated heterocycles. The number of hydrogen-bond donors (Lipinski definition) is 2. The van der Waals surface area contributed by atoms with Crippen molar-refractivity contribution in [3.05, 3.63) is 243 Å². The van der Waals surface area contributed by atoms with Crippen molar-refractivity contribution in [3.8, 4) is 17.1 Å². The Hall–Kier alpha value is -9.31. The molecule has 2 N–H and O–H groups in total. The third-order valence-corrected chi connectivity index (χ3v) is 24.3. The molecule has 8 aromatic rings. The molecule has 2 amide bonds. The Bertz CT molecular complexity index is 4840. The molecule has 3 unspecified atom stereocenters. The standard InChI is InChI=1S/C42H53NO8S2.C41H45N5O8S2/c1-32-14-18-34(19-15-32)20-21-38(31-52(47,48)39-26-16-33(2)17-27-39)41(45)36-22-24-37(25-23-36)42(46)43(29-10-30-53(49,50)51)28-9-8-13-40(44)35-11-6-4-3-5-7-12-35;1-29-6-10-32(11-7-29)12-13-36(28-55(49,50)38-22-8-30(2)9-23-38)39(47)33-14-16-35(17-15-33)41(48)46(25-5-27-56(51,52)53)24-4-26-54-37-20-18-34(19-21-37)40-44-42-31(3)43-45-40/h3-4,14-19,22-27,35,38H,5-13,20-21,28-31H2,1-2H3,(H,49,50,51);6-11,14-23,36H,4-5,12-13,24-28H2,1-3H3,(H,51,52,53)/b4-3+;. The van der Waals surface area contributed by atoms with Crippen molar-refractivity contribution < 1.29 is 71.5 Å². The van der Waals surface area contributed by atoms with Crippen molar-refractivity contribution in [2.24, 2.45) is 17.8 Å². The predicted molar refractivity (Wildman–Crippen MR) is 420 cm³/mol. The van der Waals surface area contributed by atoms with E-state index in [-0.39, 0.29) is 112 Å². The van der Waals surface area contributed by atoms with E-state index in [9.17, 15) is 66.7 Å². The van der Waals surface area contributed by atoms with Crippen LogP contribution < -0.4 is 4.74 Å². The molecule has 9 rings (SSSR count). The van der Waals surface area contributed by atoms with Gasteiger partial charge in [-0.25, -0.2) is 16.8 Å². The van der Waals surface area contributed by atoms with E-state index in [0.29, 0.717) is 80.9 Å². The number of ether oxygens (including phenoxy) is 1. The van der Waals surface area contributed by atoms with Crippen LogP contribution in [0.5, 0.6) is 5.75 Å². The van der Waals surface area contributed by atoms with E-state index < -0.39 is 69.2 Å². The Labute approximate surface area is 641 Å². The lowest BCUT2D eigenvalue weighted by atomic mass is 9.88. The zero-order valence-electron chi connectivity index (χ0n) is 62.4. The lowest BCUT2D eigenvalue weighted by Gasteiger charge is -2.23. The molecule has 1 heterocycles. The first kappa shape index (κ1) is 85.3. The molecular formula is C83H98N6O16S4. The molecule has 22 nitrogen and oxygen atoms in total. The quantitative estimate of drug-likeness (QED) is 0.0157. The highest BCUT2D eigenvalue weighted by Gasteiger charge is 2.31. The van der Waals surface area contributed by atoms with E-state index in [4.69, 9.17) is 4.74 Å². The van der Waals surface area contributed by atoms with Crippen molar-refractivity contribution in [3.63, 3.8) is 0 Å². The normalized spacial score (nSPS) is 14.2. The van der Waals surface area contributed by atoms with E-state index in [2.05, 4.69) is 32.5 Å². The first-order valence-electron chi connectivity index (χ1n) is 36.8. The topological polar surface area (TPSA) is 330 Å². The SMILES string of the molecule is Cc1ccc(CCC(CS(=O)(=O)c2ccc(C)cc2)C(=O)c2ccc(C(=O)N(CCCCC(=O)C3CC/C=C/CCC3)CCCS(=O)(=O)O)cc2)cc1.Cc1ccc(CCC(CS(=O)(=O)c2ccc(C)cc2)C(=O)c2ccc(C(=O)N(CCCOc3ccc(-c4nnc(C)nn4)cc3)CCCS(=O)(=O)O)cc2)cc1. The maximum atomic E-state index is 14.0. The number of aryl methyl sites for hydroxylation is 7. The molecular weight excluding hydrogens is 1470 g/mol. The molecule has 0 radical (unpaired) electrons. The smallest absolute Gasteiger partial charge is 0.264 e. The number of benzene rings is 7. The van der Waals surface area contributed by atoms with Gasteiger partial charge in [0.2, 0.25) is 5.82 Å². The summed E-state index contributed by atoms with van der Waals surface area (Å²) in [5, 5.41) is 15.9. The summed E-state index contributed by atoms with van der Waals surface area (Å²) in [5.41, 5.74) is 7.85. The Kier molecular flexibility index (Phi) is 32.0. The van der Waals surface area contributed by atoms with Crippen molar-refractivity contribution in [2.45, 2.75) is 141 Å². The van der Waals surface area contributed by atoms with Gasteiger partial charge in [-0.1, -0.05) is 131 Å². The summed E-state index contributed by atoms with van der Waals surface area (Å²) in [7, 11) is -16.0. The number of allylic oxidation sites excluding steroid dienone is 2. The second-order valence-electron chi connectivity index (χ2n) is 28.0. The molecule has 0 spiro atoms. The fourth-order valence-electron chi connectivity index (χ4n) is 12.7. The van der Waals surface area contributed by atoms with E-state index >= 15 is 0 Å². The first-order chi connectivity index (χ1) is 51.9. The highest BCUT2D eigenvalue weighted by molar-refractivity contribution is 7.91. The van der Waals surface area contributed by atoms with E-state index in [1.54, 1.807) is 79.7 Å². The Morgan fingerprint density at radius 3 is 1.28 bits per heavy atom. The second kappa shape index (κ2) is 40.9. The van der Waals surface area contributed by atoms with Gasteiger partial charge in [-0.15, -0.1) is 20.4 Å². The molecule has 1 aromatic heterocycles. The Morgan fingerprint density at radius 1 is 0.450 bits per heavy atom. The van der Waals surface area contributed by atoms with Gasteiger partial charge in [0, 0.05) is 78.2 Å². The zero-order valence-corrected chi connectivity index (χ0v) is 65.7. The van der Waals surface area contributed by atoms with Gasteiger partial charge >= 0.3 is 0 Å². The number of carbonyl (C=O) groups excluding carboxylic acids is 5. The lowest BCUT2D eigenvalue weighted by Crippen LogP contribution is -2.34. The molecule has 26 heteroatoms. The summed E-state index contributed by atoms with van der Waals surface area (Å²) < 4.78 is 124. The summed E-state index contributed by atoms with van der Waals surface area (Å²) in [6, 6.07) is 48.2. The molecule has 7 aromatic carbocycles. The molecule has 1 aliphatic rings. The van der Waals surface area contributed by atoms with Gasteiger partial charge in [-0.2, -0.15) is 16.8 Å². The number of rotatable bonds is 38. The number of hydrogen-bond acceptors (Lipinski definition) is 18. The Balaban J connectivity index is 0.000000275. The Morgan fingerprint density at radius 2 is 0.844 bits per heavy atom. The summed E-state index contributed by atoms with van der Waals surface area (Å²) in [4.78, 5) is 71.5. The first-order valence-corrected chi connectivity index (χ1v) is 43.3. The lowest BCUT2D eigenvalue weighted by molar-refractivity contribution is -0.123. The number of amides is 2. The third-order valence-electron chi connectivity index (χ3n) is 19.1. The third kappa shape index (κ3) is 28.3. The predicted octanol–water partition coefficient (Wildman–Crippen LogP) is 13.8. The summed E-state index contributed by atoms with van der Waals surface area (Å²) in [6.45, 7) is 10.3. The number of aromatic nitrogens is 4. The van der Waals surface area contributed by atoms with Crippen LogP contribution in [0, 0.1) is 52.4 Å². The molecule has 3 atom stereocenters. The van der Waals surface area contributed by atoms with E-state index in [1.807, 2.05) is 76.2 Å². The number of Topliss-reactive ketones (excluding diaryl/α,β-unsaturated/α-hetero) is 3. The van der Waals surface area contributed by atoms with Gasteiger partial charge in [0.05, 0.1) is 39.4 Å². The van der Waals surface area contributed by atoms with Gasteiger partial charge in [-0.05, 0) is 208 Å². The molecule has 0 aliphatic heterocycles. The average molecular weight is 1560 g/mol. The van der Waals surface area contributed by atoms with Crippen LogP contribution in [0.1, 0.15) is 164 Å². The van der Waals surface area contributed by atoms with Gasteiger partial charge in [-0.3, -0.25) is 33.1 Å². The van der Waals surface area contributed by atoms with Crippen LogP contribution in [-0.2, 0) is 57.5 Å². The second-order valence-corrected chi connectivity index (χ2v) is 35.2. The number of sulfone groups is 2. The minimum absolute atomic E-state index is 0.00633. The van der Waals surface area contributed by atoms with Crippen LogP contribution in [0.4, 0.5) is 0 Å². The van der Waals surface area contributed by atoms with Gasteiger partial charge < -0.3 is 14.5 Å². The molecule has 0 bridgehead atoms. The highest BCUT2D eigenvalue weighted by atomic mass is 32.2. The van der Waals surface area contributed by atoms with Crippen LogP contribution in [-0.4, -0.2) is 158 Å². The van der Waals surface area contributed by atoms with Crippen molar-refractivity contribution in [2.75, 3.05) is 55.8 Å². The van der Waals surface area contributed by atoms with Crippen LogP contribution in [0.15, 0.2) is 192 Å². The molecule has 0 saturated carbocycles. The average Bonchev–Trinajstić information content (AvgIpc) is 0.817. The van der Waals surface area contributed by atoms with Crippen LogP contribution in [0.25, 0.3) is 11.4 Å². The zero-order chi connectivity index (χ0) is 78.7. The van der Waals surface area contributed by atoms with Crippen LogP contribution in [0.2, 0.25) is 0 Å². The number of carbonyl (C=O) groups is 5. The number of unbranched alkanes of at least 4 members (excludes halogenated alkanes) is 1. The fourth-order valence-corrected chi connectivity index (χ4v) is 16.9. The number of nitrogens with zero attached hydrogens (tertiary/aromatic N) is 6. The van der Waals surface area contributed by atoms with Crippen molar-refractivity contribution >= 4 is 69.1 Å². The molecule has 1 aliphatic carbocycles. The maximum absolute atomic E-state index is 14.0. The van der Waals surface area contributed by atoms with Crippen LogP contribution in [0.3, 0.4) is 0 Å². The molecule has 580 valence electrons. The van der Waals surface area contributed by atoms with Crippen molar-refractivity contribution in [1.82, 2.24) is 30.2 Å². The maximum Gasteiger partial charge on any atom is 0.264 e. The van der Waals surface area contributed by atoms with Crippen LogP contribution >= 0.6 is 0 Å². The molecule has 0 fully saturated rings. The summed E-state index contributed by atoms with van der Waals surface area (Å²) in [6.07, 6.45) is 12.6. The minimum atomic E-state index is -4.24. The largest absolute Gasteiger partial charge is 0.494 e.